The van der Waals surface area contributed by atoms with E-state index in [1.807, 2.05) is 18.2 Å². The standard InChI is InChI=1S/C13H22N2O2/c1-15(2)9-5-8-14-11-6-7-12(16-3)13(10-11)17-4/h6-7,10,14H,5,8-9H2,1-4H3. The van der Waals surface area contributed by atoms with Crippen molar-refractivity contribution in [2.45, 2.75) is 6.42 Å². The fraction of sp³-hybridized carbons (Fsp3) is 0.538. The highest BCUT2D eigenvalue weighted by Gasteiger charge is 2.03. The van der Waals surface area contributed by atoms with Gasteiger partial charge in [0, 0.05) is 18.3 Å². The van der Waals surface area contributed by atoms with Gasteiger partial charge >= 0.3 is 0 Å². The van der Waals surface area contributed by atoms with Gasteiger partial charge in [0.2, 0.25) is 0 Å². The second kappa shape index (κ2) is 7.01. The van der Waals surface area contributed by atoms with Crippen LogP contribution in [0.1, 0.15) is 6.42 Å². The van der Waals surface area contributed by atoms with Crippen molar-refractivity contribution in [3.63, 3.8) is 0 Å². The molecule has 0 radical (unpaired) electrons. The quantitative estimate of drug-likeness (QED) is 0.737. The normalized spacial score (nSPS) is 10.4. The van der Waals surface area contributed by atoms with Crippen molar-refractivity contribution >= 4 is 5.69 Å². The summed E-state index contributed by atoms with van der Waals surface area (Å²) in [5, 5.41) is 3.36. The van der Waals surface area contributed by atoms with Crippen LogP contribution in [0.3, 0.4) is 0 Å². The molecule has 0 aromatic heterocycles. The van der Waals surface area contributed by atoms with E-state index in [0.717, 1.165) is 36.7 Å². The molecule has 0 atom stereocenters. The maximum absolute atomic E-state index is 5.25. The van der Waals surface area contributed by atoms with Gasteiger partial charge in [0.15, 0.2) is 11.5 Å². The second-order valence-corrected chi connectivity index (χ2v) is 4.15. The van der Waals surface area contributed by atoms with E-state index in [0.29, 0.717) is 0 Å². The Morgan fingerprint density at radius 1 is 1.12 bits per heavy atom. The van der Waals surface area contributed by atoms with Crippen LogP contribution in [-0.2, 0) is 0 Å². The van der Waals surface area contributed by atoms with E-state index >= 15 is 0 Å². The van der Waals surface area contributed by atoms with Crippen molar-refractivity contribution in [3.05, 3.63) is 18.2 Å². The lowest BCUT2D eigenvalue weighted by Crippen LogP contribution is -2.16. The lowest BCUT2D eigenvalue weighted by Gasteiger charge is -2.12. The molecule has 1 rings (SSSR count). The number of nitrogens with one attached hydrogen (secondary N) is 1. The number of rotatable bonds is 7. The number of hydrogen-bond donors (Lipinski definition) is 1. The Bertz CT molecular complexity index is 340. The summed E-state index contributed by atoms with van der Waals surface area (Å²) in [6.45, 7) is 2.04. The van der Waals surface area contributed by atoms with Crippen LogP contribution in [0.25, 0.3) is 0 Å². The van der Waals surface area contributed by atoms with Crippen LogP contribution in [0, 0.1) is 0 Å². The molecular formula is C13H22N2O2. The van der Waals surface area contributed by atoms with Crippen LogP contribution in [0.5, 0.6) is 11.5 Å². The van der Waals surface area contributed by atoms with E-state index in [9.17, 15) is 0 Å². The summed E-state index contributed by atoms with van der Waals surface area (Å²) in [6, 6.07) is 5.86. The molecule has 0 heterocycles. The molecule has 0 saturated carbocycles. The number of ether oxygens (including phenoxy) is 2. The highest BCUT2D eigenvalue weighted by atomic mass is 16.5. The van der Waals surface area contributed by atoms with Crippen LogP contribution < -0.4 is 14.8 Å². The van der Waals surface area contributed by atoms with Crippen LogP contribution >= 0.6 is 0 Å². The highest BCUT2D eigenvalue weighted by molar-refractivity contribution is 5.54. The second-order valence-electron chi connectivity index (χ2n) is 4.15. The van der Waals surface area contributed by atoms with Gasteiger partial charge in [-0.05, 0) is 39.2 Å². The molecule has 96 valence electrons. The lowest BCUT2D eigenvalue weighted by molar-refractivity contribution is 0.355. The van der Waals surface area contributed by atoms with Crippen molar-refractivity contribution in [2.24, 2.45) is 0 Å². The van der Waals surface area contributed by atoms with E-state index in [2.05, 4.69) is 24.3 Å². The van der Waals surface area contributed by atoms with Gasteiger partial charge < -0.3 is 19.7 Å². The number of nitrogens with zero attached hydrogens (tertiary/aromatic N) is 1. The van der Waals surface area contributed by atoms with Gasteiger partial charge in [-0.2, -0.15) is 0 Å². The number of methoxy groups -OCH3 is 2. The third-order valence-corrected chi connectivity index (χ3v) is 2.49. The zero-order valence-corrected chi connectivity index (χ0v) is 11.1. The number of hydrogen-bond acceptors (Lipinski definition) is 4. The molecule has 0 aliphatic rings. The Hall–Kier alpha value is -1.42. The highest BCUT2D eigenvalue weighted by Crippen LogP contribution is 2.29. The molecule has 1 aromatic rings. The largest absolute Gasteiger partial charge is 0.493 e. The van der Waals surface area contributed by atoms with E-state index in [4.69, 9.17) is 9.47 Å². The molecule has 0 amide bonds. The van der Waals surface area contributed by atoms with E-state index in [1.54, 1.807) is 14.2 Å². The Morgan fingerprint density at radius 3 is 2.41 bits per heavy atom. The average Bonchev–Trinajstić information content (AvgIpc) is 2.34. The molecule has 17 heavy (non-hydrogen) atoms. The van der Waals surface area contributed by atoms with Gasteiger partial charge in [-0.15, -0.1) is 0 Å². The van der Waals surface area contributed by atoms with Crippen LogP contribution in [0.2, 0.25) is 0 Å². The van der Waals surface area contributed by atoms with Crippen LogP contribution in [-0.4, -0.2) is 46.3 Å². The van der Waals surface area contributed by atoms with Gasteiger partial charge in [0.1, 0.15) is 0 Å². The maximum Gasteiger partial charge on any atom is 0.162 e. The minimum Gasteiger partial charge on any atom is -0.493 e. The fourth-order valence-electron chi connectivity index (χ4n) is 1.57. The molecule has 0 aliphatic carbocycles. The number of benzene rings is 1. The predicted molar refractivity (Wildman–Crippen MR) is 71.2 cm³/mol. The molecular weight excluding hydrogens is 216 g/mol. The zero-order chi connectivity index (χ0) is 12.7. The smallest absolute Gasteiger partial charge is 0.162 e. The van der Waals surface area contributed by atoms with E-state index < -0.39 is 0 Å². The first-order chi connectivity index (χ1) is 8.17. The van der Waals surface area contributed by atoms with Gasteiger partial charge in [-0.1, -0.05) is 0 Å². The molecule has 4 nitrogen and oxygen atoms in total. The first kappa shape index (κ1) is 13.6. The van der Waals surface area contributed by atoms with E-state index in [-0.39, 0.29) is 0 Å². The molecule has 0 spiro atoms. The van der Waals surface area contributed by atoms with Gasteiger partial charge in [0.05, 0.1) is 14.2 Å². The lowest BCUT2D eigenvalue weighted by atomic mass is 10.2. The maximum atomic E-state index is 5.25. The van der Waals surface area contributed by atoms with Crippen LogP contribution in [0.15, 0.2) is 18.2 Å². The average molecular weight is 238 g/mol. The molecule has 0 bridgehead atoms. The zero-order valence-electron chi connectivity index (χ0n) is 11.1. The summed E-state index contributed by atoms with van der Waals surface area (Å²) in [5.41, 5.74) is 1.06. The summed E-state index contributed by atoms with van der Waals surface area (Å²) < 4.78 is 10.4. The van der Waals surface area contributed by atoms with Crippen molar-refractivity contribution in [1.29, 1.82) is 0 Å². The molecule has 0 unspecified atom stereocenters. The van der Waals surface area contributed by atoms with Crippen LogP contribution in [0.4, 0.5) is 5.69 Å². The SMILES string of the molecule is COc1ccc(NCCCN(C)C)cc1OC. The van der Waals surface area contributed by atoms with Crippen molar-refractivity contribution in [1.82, 2.24) is 4.90 Å². The summed E-state index contributed by atoms with van der Waals surface area (Å²) in [4.78, 5) is 2.18. The fourth-order valence-corrected chi connectivity index (χ4v) is 1.57. The first-order valence-electron chi connectivity index (χ1n) is 5.78. The first-order valence-corrected chi connectivity index (χ1v) is 5.78. The summed E-state index contributed by atoms with van der Waals surface area (Å²) >= 11 is 0. The Balaban J connectivity index is 2.48. The topological polar surface area (TPSA) is 33.7 Å². The Kier molecular flexibility index (Phi) is 5.63. The van der Waals surface area contributed by atoms with Gasteiger partial charge in [-0.25, -0.2) is 0 Å². The third kappa shape index (κ3) is 4.53. The molecule has 0 aliphatic heterocycles. The minimum absolute atomic E-state index is 0.755. The monoisotopic (exact) mass is 238 g/mol. The van der Waals surface area contributed by atoms with Gasteiger partial charge in [0.25, 0.3) is 0 Å². The van der Waals surface area contributed by atoms with Gasteiger partial charge in [-0.3, -0.25) is 0 Å². The molecule has 1 N–H and O–H groups in total. The Labute approximate surface area is 104 Å². The minimum atomic E-state index is 0.755. The van der Waals surface area contributed by atoms with Crippen molar-refractivity contribution in [3.8, 4) is 11.5 Å². The summed E-state index contributed by atoms with van der Waals surface area (Å²) in [6.07, 6.45) is 1.11. The molecule has 4 heteroatoms. The molecule has 1 aromatic carbocycles. The van der Waals surface area contributed by atoms with Crippen molar-refractivity contribution in [2.75, 3.05) is 46.7 Å². The summed E-state index contributed by atoms with van der Waals surface area (Å²) in [5.74, 6) is 1.51. The molecule has 0 saturated heterocycles. The Morgan fingerprint density at radius 2 is 1.82 bits per heavy atom. The predicted octanol–water partition coefficient (Wildman–Crippen LogP) is 2.07. The van der Waals surface area contributed by atoms with E-state index in [1.165, 1.54) is 0 Å². The third-order valence-electron chi connectivity index (χ3n) is 2.49. The number of anilines is 1. The molecule has 0 fully saturated rings. The summed E-state index contributed by atoms with van der Waals surface area (Å²) in [7, 11) is 7.45. The van der Waals surface area contributed by atoms with Crippen molar-refractivity contribution < 1.29 is 9.47 Å².